The van der Waals surface area contributed by atoms with Gasteiger partial charge in [0.05, 0.1) is 12.2 Å². The van der Waals surface area contributed by atoms with E-state index < -0.39 is 5.82 Å². The van der Waals surface area contributed by atoms with Crippen LogP contribution in [0, 0.1) is 5.82 Å². The lowest BCUT2D eigenvalue weighted by Crippen LogP contribution is -2.30. The first kappa shape index (κ1) is 16.7. The second-order valence-corrected chi connectivity index (χ2v) is 5.53. The van der Waals surface area contributed by atoms with Gasteiger partial charge in [0, 0.05) is 23.3 Å². The molecule has 7 heteroatoms. The average Bonchev–Trinajstić information content (AvgIpc) is 2.45. The van der Waals surface area contributed by atoms with Crippen molar-refractivity contribution in [3.63, 3.8) is 0 Å². The first-order valence-electron chi connectivity index (χ1n) is 6.49. The van der Waals surface area contributed by atoms with Gasteiger partial charge in [-0.15, -0.1) is 0 Å². The van der Waals surface area contributed by atoms with Gasteiger partial charge >= 0.3 is 0 Å². The molecule has 0 atom stereocenters. The highest BCUT2D eigenvalue weighted by atomic mass is 35.5. The molecule has 1 aromatic carbocycles. The van der Waals surface area contributed by atoms with Crippen molar-refractivity contribution in [1.82, 2.24) is 9.88 Å². The van der Waals surface area contributed by atoms with Crippen molar-refractivity contribution in [2.75, 3.05) is 18.9 Å². The fourth-order valence-electron chi connectivity index (χ4n) is 1.92. The first-order chi connectivity index (χ1) is 10.5. The Labute approximate surface area is 137 Å². The van der Waals surface area contributed by atoms with E-state index in [1.165, 1.54) is 18.3 Å². The standard InChI is InChI=1S/C15H14Cl2FN3O/c1-21(8-10-11(16)4-2-5-12(10)18)9-14(22)20-13-6-3-7-19-15(13)17/h2-7H,8-9H2,1H3,(H,20,22). The summed E-state index contributed by atoms with van der Waals surface area (Å²) in [4.78, 5) is 17.5. The van der Waals surface area contributed by atoms with Crippen molar-refractivity contribution in [3.8, 4) is 0 Å². The van der Waals surface area contributed by atoms with Gasteiger partial charge < -0.3 is 5.32 Å². The van der Waals surface area contributed by atoms with Gasteiger partial charge in [0.15, 0.2) is 5.15 Å². The summed E-state index contributed by atoms with van der Waals surface area (Å²) in [5.41, 5.74) is 0.797. The molecule has 0 spiro atoms. The minimum absolute atomic E-state index is 0.0654. The lowest BCUT2D eigenvalue weighted by Gasteiger charge is -2.17. The summed E-state index contributed by atoms with van der Waals surface area (Å²) in [5.74, 6) is -0.667. The van der Waals surface area contributed by atoms with Crippen molar-refractivity contribution < 1.29 is 9.18 Å². The fraction of sp³-hybridized carbons (Fsp3) is 0.200. The summed E-state index contributed by atoms with van der Waals surface area (Å²) in [6.45, 7) is 0.287. The van der Waals surface area contributed by atoms with E-state index in [0.29, 0.717) is 16.3 Å². The quantitative estimate of drug-likeness (QED) is 0.845. The largest absolute Gasteiger partial charge is 0.322 e. The highest BCUT2D eigenvalue weighted by Gasteiger charge is 2.13. The van der Waals surface area contributed by atoms with E-state index in [-0.39, 0.29) is 24.1 Å². The number of hydrogen-bond donors (Lipinski definition) is 1. The van der Waals surface area contributed by atoms with Crippen molar-refractivity contribution in [2.24, 2.45) is 0 Å². The van der Waals surface area contributed by atoms with Gasteiger partial charge in [0.25, 0.3) is 0 Å². The zero-order valence-electron chi connectivity index (χ0n) is 11.8. The Morgan fingerprint density at radius 2 is 2.09 bits per heavy atom. The minimum Gasteiger partial charge on any atom is -0.322 e. The van der Waals surface area contributed by atoms with Gasteiger partial charge in [-0.3, -0.25) is 9.69 Å². The molecule has 0 aliphatic heterocycles. The van der Waals surface area contributed by atoms with Gasteiger partial charge in [0.1, 0.15) is 5.82 Å². The molecule has 116 valence electrons. The third-order valence-electron chi connectivity index (χ3n) is 2.94. The number of carbonyl (C=O) groups excluding carboxylic acids is 1. The van der Waals surface area contributed by atoms with Crippen molar-refractivity contribution in [1.29, 1.82) is 0 Å². The van der Waals surface area contributed by atoms with Crippen LogP contribution in [0.1, 0.15) is 5.56 Å². The molecule has 4 nitrogen and oxygen atoms in total. The molecular formula is C15H14Cl2FN3O. The smallest absolute Gasteiger partial charge is 0.238 e. The SMILES string of the molecule is CN(CC(=O)Nc1cccnc1Cl)Cc1c(F)cccc1Cl. The van der Waals surface area contributed by atoms with Gasteiger partial charge in [-0.2, -0.15) is 0 Å². The van der Waals surface area contributed by atoms with Crippen LogP contribution in [0.15, 0.2) is 36.5 Å². The molecule has 0 saturated carbocycles. The molecule has 22 heavy (non-hydrogen) atoms. The number of halogens is 3. The summed E-state index contributed by atoms with van der Waals surface area (Å²) in [7, 11) is 1.70. The van der Waals surface area contributed by atoms with Gasteiger partial charge in [-0.05, 0) is 31.3 Å². The van der Waals surface area contributed by atoms with Gasteiger partial charge in [-0.25, -0.2) is 9.37 Å². The number of hydrogen-bond acceptors (Lipinski definition) is 3. The lowest BCUT2D eigenvalue weighted by atomic mass is 10.2. The molecule has 2 rings (SSSR count). The topological polar surface area (TPSA) is 45.2 Å². The van der Waals surface area contributed by atoms with Crippen LogP contribution in [0.4, 0.5) is 10.1 Å². The van der Waals surface area contributed by atoms with Crippen LogP contribution >= 0.6 is 23.2 Å². The number of nitrogens with one attached hydrogen (secondary N) is 1. The molecule has 1 heterocycles. The molecule has 0 aliphatic rings. The monoisotopic (exact) mass is 341 g/mol. The van der Waals surface area contributed by atoms with E-state index in [1.807, 2.05) is 0 Å². The van der Waals surface area contributed by atoms with Crippen molar-refractivity contribution in [3.05, 3.63) is 58.1 Å². The van der Waals surface area contributed by atoms with E-state index >= 15 is 0 Å². The zero-order valence-corrected chi connectivity index (χ0v) is 13.3. The second kappa shape index (κ2) is 7.54. The number of pyridine rings is 1. The highest BCUT2D eigenvalue weighted by Crippen LogP contribution is 2.20. The Hall–Kier alpha value is -1.69. The molecule has 1 aromatic heterocycles. The number of anilines is 1. The molecule has 0 radical (unpaired) electrons. The molecular weight excluding hydrogens is 328 g/mol. The van der Waals surface area contributed by atoms with E-state index in [1.54, 1.807) is 30.1 Å². The van der Waals surface area contributed by atoms with Crippen molar-refractivity contribution in [2.45, 2.75) is 6.54 Å². The number of carbonyl (C=O) groups is 1. The Kier molecular flexibility index (Phi) is 5.71. The predicted molar refractivity (Wildman–Crippen MR) is 85.6 cm³/mol. The third kappa shape index (κ3) is 4.40. The van der Waals surface area contributed by atoms with Crippen LogP contribution < -0.4 is 5.32 Å². The molecule has 0 fully saturated rings. The fourth-order valence-corrected chi connectivity index (χ4v) is 2.31. The number of likely N-dealkylation sites (N-methyl/N-ethyl adjacent to an activating group) is 1. The summed E-state index contributed by atoms with van der Waals surface area (Å²) in [5, 5.41) is 3.21. The van der Waals surface area contributed by atoms with Gasteiger partial charge in [0.2, 0.25) is 5.91 Å². The maximum absolute atomic E-state index is 13.7. The number of benzene rings is 1. The van der Waals surface area contributed by atoms with Crippen LogP contribution in [0.5, 0.6) is 0 Å². The van der Waals surface area contributed by atoms with E-state index in [0.717, 1.165) is 0 Å². The Morgan fingerprint density at radius 3 is 2.77 bits per heavy atom. The maximum atomic E-state index is 13.7. The number of amides is 1. The molecule has 1 N–H and O–H groups in total. The summed E-state index contributed by atoms with van der Waals surface area (Å²) >= 11 is 11.8. The van der Waals surface area contributed by atoms with Crippen LogP contribution in [0.3, 0.4) is 0 Å². The van der Waals surface area contributed by atoms with E-state index in [9.17, 15) is 9.18 Å². The number of aromatic nitrogens is 1. The number of rotatable bonds is 5. The average molecular weight is 342 g/mol. The Balaban J connectivity index is 1.96. The molecule has 0 saturated heterocycles. The first-order valence-corrected chi connectivity index (χ1v) is 7.24. The lowest BCUT2D eigenvalue weighted by molar-refractivity contribution is -0.117. The molecule has 1 amide bonds. The normalized spacial score (nSPS) is 10.8. The van der Waals surface area contributed by atoms with Gasteiger partial charge in [-0.1, -0.05) is 29.3 Å². The molecule has 0 aliphatic carbocycles. The third-order valence-corrected chi connectivity index (χ3v) is 3.59. The predicted octanol–water partition coefficient (Wildman–Crippen LogP) is 3.60. The van der Waals surface area contributed by atoms with Crippen LogP contribution in [-0.4, -0.2) is 29.4 Å². The summed E-state index contributed by atoms with van der Waals surface area (Å²) in [6.07, 6.45) is 1.53. The molecule has 0 bridgehead atoms. The maximum Gasteiger partial charge on any atom is 0.238 e. The van der Waals surface area contributed by atoms with Crippen LogP contribution in [-0.2, 0) is 11.3 Å². The second-order valence-electron chi connectivity index (χ2n) is 4.76. The minimum atomic E-state index is -0.393. The summed E-state index contributed by atoms with van der Waals surface area (Å²) < 4.78 is 13.7. The van der Waals surface area contributed by atoms with E-state index in [4.69, 9.17) is 23.2 Å². The zero-order chi connectivity index (χ0) is 16.1. The van der Waals surface area contributed by atoms with Crippen molar-refractivity contribution >= 4 is 34.8 Å². The van der Waals surface area contributed by atoms with Crippen LogP contribution in [0.2, 0.25) is 10.2 Å². The van der Waals surface area contributed by atoms with E-state index in [2.05, 4.69) is 10.3 Å². The molecule has 2 aromatic rings. The Bertz CT molecular complexity index is 661. The molecule has 0 unspecified atom stereocenters. The highest BCUT2D eigenvalue weighted by molar-refractivity contribution is 6.32. The Morgan fingerprint density at radius 1 is 1.32 bits per heavy atom. The summed E-state index contributed by atoms with van der Waals surface area (Å²) in [6, 6.07) is 7.82. The van der Waals surface area contributed by atoms with Crippen LogP contribution in [0.25, 0.3) is 0 Å². The number of nitrogens with zero attached hydrogens (tertiary/aromatic N) is 2.